The molecule has 0 saturated carbocycles. The standard InChI is InChI=1S/H2O5P2/c1-6(2)5-7(3)4/h1-2H. The lowest BCUT2D eigenvalue weighted by atomic mass is 15.8. The Kier molecular flexibility index (Phi) is 3.56. The maximum absolute atomic E-state index is 9.32. The van der Waals surface area contributed by atoms with Crippen LogP contribution in [0.25, 0.3) is 0 Å². The molecule has 0 bridgehead atoms. The van der Waals surface area contributed by atoms with Gasteiger partial charge in [-0.2, -0.15) is 0 Å². The Hall–Kier alpha value is 0.370. The van der Waals surface area contributed by atoms with Crippen LogP contribution in [0.2, 0.25) is 0 Å². The Labute approximate surface area is 41.5 Å². The second-order valence-electron chi connectivity index (χ2n) is 0.558. The molecule has 0 rings (SSSR count). The van der Waals surface area contributed by atoms with E-state index in [4.69, 9.17) is 9.79 Å². The van der Waals surface area contributed by atoms with E-state index in [-0.39, 0.29) is 0 Å². The summed E-state index contributed by atoms with van der Waals surface area (Å²) in [6.45, 7) is 0. The van der Waals surface area contributed by atoms with Crippen LogP contribution in [-0.2, 0) is 8.88 Å². The Morgan fingerprint density at radius 2 is 2.14 bits per heavy atom. The molecule has 7 heavy (non-hydrogen) atoms. The van der Waals surface area contributed by atoms with E-state index in [0.717, 1.165) is 0 Å². The first-order chi connectivity index (χ1) is 3.13. The zero-order valence-electron chi connectivity index (χ0n) is 3.01. The molecule has 0 aromatic heterocycles. The van der Waals surface area contributed by atoms with Crippen LogP contribution in [0, 0.1) is 0 Å². The Morgan fingerprint density at radius 3 is 2.14 bits per heavy atom. The molecule has 0 aromatic carbocycles. The summed E-state index contributed by atoms with van der Waals surface area (Å²) in [6.07, 6.45) is 0. The summed E-state index contributed by atoms with van der Waals surface area (Å²) in [6, 6.07) is 0. The molecule has 42 valence electrons. The van der Waals surface area contributed by atoms with Crippen LogP contribution in [-0.4, -0.2) is 9.79 Å². The molecule has 5 nitrogen and oxygen atoms in total. The van der Waals surface area contributed by atoms with Gasteiger partial charge >= 0.3 is 16.9 Å². The van der Waals surface area contributed by atoms with E-state index >= 15 is 0 Å². The van der Waals surface area contributed by atoms with Crippen LogP contribution in [0.3, 0.4) is 0 Å². The van der Waals surface area contributed by atoms with Crippen LogP contribution in [0.1, 0.15) is 0 Å². The van der Waals surface area contributed by atoms with E-state index in [1.807, 2.05) is 0 Å². The van der Waals surface area contributed by atoms with E-state index in [1.54, 1.807) is 0 Å². The van der Waals surface area contributed by atoms with Gasteiger partial charge in [-0.15, -0.1) is 0 Å². The summed E-state index contributed by atoms with van der Waals surface area (Å²) >= 11 is 0. The van der Waals surface area contributed by atoms with Crippen molar-refractivity contribution in [3.8, 4) is 0 Å². The van der Waals surface area contributed by atoms with Crippen molar-refractivity contribution in [1.29, 1.82) is 0 Å². The molecular weight excluding hydrogens is 142 g/mol. The van der Waals surface area contributed by atoms with Crippen molar-refractivity contribution < 1.29 is 23.6 Å². The molecule has 0 aliphatic carbocycles. The SMILES string of the molecule is O=[P+]([O-])OP(O)O. The smallest absolute Gasteiger partial charge is 0.496 e. The minimum atomic E-state index is -3.11. The van der Waals surface area contributed by atoms with E-state index in [9.17, 15) is 9.46 Å². The average Bonchev–Trinajstić information content (AvgIpc) is 1.27. The lowest BCUT2D eigenvalue weighted by Gasteiger charge is -1.87. The van der Waals surface area contributed by atoms with Gasteiger partial charge in [0.25, 0.3) is 0 Å². The molecule has 0 radical (unpaired) electrons. The predicted octanol–water partition coefficient (Wildman–Crippen LogP) is -0.768. The maximum Gasteiger partial charge on any atom is 0.496 e. The van der Waals surface area contributed by atoms with Crippen molar-refractivity contribution in [1.82, 2.24) is 0 Å². The van der Waals surface area contributed by atoms with Gasteiger partial charge in [-0.05, 0) is 4.57 Å². The lowest BCUT2D eigenvalue weighted by Crippen LogP contribution is -1.85. The zero-order valence-corrected chi connectivity index (χ0v) is 4.80. The van der Waals surface area contributed by atoms with Gasteiger partial charge in [0.1, 0.15) is 0 Å². The van der Waals surface area contributed by atoms with Gasteiger partial charge in [0.15, 0.2) is 0 Å². The summed E-state index contributed by atoms with van der Waals surface area (Å²) < 4.78 is 12.7. The Balaban J connectivity index is 3.13. The topological polar surface area (TPSA) is 89.8 Å². The average molecular weight is 144 g/mol. The van der Waals surface area contributed by atoms with Crippen LogP contribution in [0.5, 0.6) is 0 Å². The predicted molar refractivity (Wildman–Crippen MR) is 20.0 cm³/mol. The lowest BCUT2D eigenvalue weighted by molar-refractivity contribution is -0.178. The fourth-order valence-electron chi connectivity index (χ4n) is 0.0596. The molecule has 7 heteroatoms. The molecule has 1 unspecified atom stereocenters. The Bertz CT molecular complexity index is 66.5. The number of hydrogen-bond acceptors (Lipinski definition) is 5. The van der Waals surface area contributed by atoms with Crippen LogP contribution in [0.4, 0.5) is 0 Å². The molecule has 0 aliphatic rings. The highest BCUT2D eigenvalue weighted by molar-refractivity contribution is 7.49. The molecular formula is H2O5P2. The molecule has 0 amide bonds. The van der Waals surface area contributed by atoms with E-state index in [1.165, 1.54) is 0 Å². The first kappa shape index (κ1) is 7.37. The van der Waals surface area contributed by atoms with Gasteiger partial charge in [0.05, 0.1) is 0 Å². The third-order valence-electron chi connectivity index (χ3n) is 0.140. The first-order valence-corrected chi connectivity index (χ1v) is 3.39. The number of hydrogen-bond donors (Lipinski definition) is 2. The highest BCUT2D eigenvalue weighted by Gasteiger charge is 2.09. The van der Waals surface area contributed by atoms with Gasteiger partial charge in [0.2, 0.25) is 0 Å². The van der Waals surface area contributed by atoms with E-state index < -0.39 is 16.9 Å². The van der Waals surface area contributed by atoms with E-state index in [2.05, 4.69) is 4.31 Å². The summed E-state index contributed by atoms with van der Waals surface area (Å²) in [5.74, 6) is 0. The largest absolute Gasteiger partial charge is 0.566 e. The maximum atomic E-state index is 9.32. The molecule has 0 heterocycles. The Morgan fingerprint density at radius 1 is 1.71 bits per heavy atom. The summed E-state index contributed by atoms with van der Waals surface area (Å²) in [7, 11) is -5.85. The van der Waals surface area contributed by atoms with Crippen molar-refractivity contribution in [3.05, 3.63) is 0 Å². The molecule has 0 saturated heterocycles. The minimum Gasteiger partial charge on any atom is -0.566 e. The second kappa shape index (κ2) is 3.38. The van der Waals surface area contributed by atoms with E-state index in [0.29, 0.717) is 0 Å². The third-order valence-corrected chi connectivity index (χ3v) is 1.26. The highest BCUT2D eigenvalue weighted by atomic mass is 31.2. The van der Waals surface area contributed by atoms with Crippen molar-refractivity contribution in [2.24, 2.45) is 0 Å². The number of rotatable bonds is 2. The van der Waals surface area contributed by atoms with Gasteiger partial charge in [-0.25, -0.2) is 0 Å². The van der Waals surface area contributed by atoms with Crippen molar-refractivity contribution in [2.45, 2.75) is 0 Å². The third kappa shape index (κ3) is 6.37. The van der Waals surface area contributed by atoms with Crippen molar-refractivity contribution >= 4 is 16.9 Å². The molecule has 0 spiro atoms. The molecule has 0 aliphatic heterocycles. The van der Waals surface area contributed by atoms with Crippen LogP contribution in [0.15, 0.2) is 0 Å². The zero-order chi connectivity index (χ0) is 5.86. The van der Waals surface area contributed by atoms with Gasteiger partial charge < -0.3 is 14.7 Å². The van der Waals surface area contributed by atoms with Gasteiger partial charge in [-0.1, -0.05) is 4.31 Å². The second-order valence-corrected chi connectivity index (χ2v) is 2.16. The summed E-state index contributed by atoms with van der Waals surface area (Å²) in [5.41, 5.74) is 0. The van der Waals surface area contributed by atoms with Crippen LogP contribution < -0.4 is 4.89 Å². The summed E-state index contributed by atoms with van der Waals surface area (Å²) in [5, 5.41) is 0. The summed E-state index contributed by atoms with van der Waals surface area (Å²) in [4.78, 5) is 24.8. The van der Waals surface area contributed by atoms with Crippen LogP contribution >= 0.6 is 16.9 Å². The highest BCUT2D eigenvalue weighted by Crippen LogP contribution is 2.34. The van der Waals surface area contributed by atoms with Crippen molar-refractivity contribution in [2.75, 3.05) is 0 Å². The molecule has 2 N–H and O–H groups in total. The van der Waals surface area contributed by atoms with Gasteiger partial charge in [0, 0.05) is 0 Å². The minimum absolute atomic E-state index is 2.74. The molecule has 0 aromatic rings. The van der Waals surface area contributed by atoms with Gasteiger partial charge in [-0.3, -0.25) is 0 Å². The fraction of sp³-hybridized carbons (Fsp3) is 0. The normalized spacial score (nSPS) is 12.3. The first-order valence-electron chi connectivity index (χ1n) is 1.13. The quantitative estimate of drug-likeness (QED) is 0.496. The fourth-order valence-corrected chi connectivity index (χ4v) is 0.537. The van der Waals surface area contributed by atoms with Crippen molar-refractivity contribution in [3.63, 3.8) is 0 Å². The monoisotopic (exact) mass is 144 g/mol. The molecule has 1 atom stereocenters. The molecule has 0 fully saturated rings.